The van der Waals surface area contributed by atoms with Crippen LogP contribution in [0.15, 0.2) is 16.6 Å². The Morgan fingerprint density at radius 2 is 1.88 bits per heavy atom. The molecule has 1 nitrogen and oxygen atoms in total. The smallest absolute Gasteiger partial charge is 0.146 e. The van der Waals surface area contributed by atoms with Crippen LogP contribution < -0.4 is 0 Å². The largest absolute Gasteiger partial charge is 0.385 e. The predicted molar refractivity (Wildman–Crippen MR) is 65.6 cm³/mol. The SMILES string of the molecule is CC1(C)CCC(O)(c2c(F)ccc(Br)c2F)C1. The highest BCUT2D eigenvalue weighted by Gasteiger charge is 2.46. The van der Waals surface area contributed by atoms with Crippen LogP contribution in [0.3, 0.4) is 0 Å². The van der Waals surface area contributed by atoms with Crippen LogP contribution in [0.2, 0.25) is 0 Å². The Balaban J connectivity index is 2.51. The fourth-order valence-corrected chi connectivity index (χ4v) is 3.01. The van der Waals surface area contributed by atoms with Gasteiger partial charge < -0.3 is 5.11 Å². The molecular formula is C13H15BrF2O. The Kier molecular flexibility index (Phi) is 3.07. The minimum Gasteiger partial charge on any atom is -0.385 e. The quantitative estimate of drug-likeness (QED) is 0.774. The van der Waals surface area contributed by atoms with E-state index in [2.05, 4.69) is 15.9 Å². The van der Waals surface area contributed by atoms with Crippen molar-refractivity contribution in [1.82, 2.24) is 0 Å². The van der Waals surface area contributed by atoms with Gasteiger partial charge in [-0.2, -0.15) is 0 Å². The highest BCUT2D eigenvalue weighted by molar-refractivity contribution is 9.10. The lowest BCUT2D eigenvalue weighted by atomic mass is 9.85. The van der Waals surface area contributed by atoms with Crippen LogP contribution in [-0.2, 0) is 5.60 Å². The van der Waals surface area contributed by atoms with Crippen LogP contribution in [0.4, 0.5) is 8.78 Å². The Morgan fingerprint density at radius 3 is 2.41 bits per heavy atom. The molecule has 1 aromatic rings. The topological polar surface area (TPSA) is 20.2 Å². The summed E-state index contributed by atoms with van der Waals surface area (Å²) in [7, 11) is 0. The maximum Gasteiger partial charge on any atom is 0.146 e. The van der Waals surface area contributed by atoms with Crippen molar-refractivity contribution in [2.24, 2.45) is 5.41 Å². The Hall–Kier alpha value is -0.480. The van der Waals surface area contributed by atoms with E-state index in [1.54, 1.807) is 0 Å². The molecule has 1 aliphatic carbocycles. The van der Waals surface area contributed by atoms with Crippen LogP contribution >= 0.6 is 15.9 Å². The molecule has 4 heteroatoms. The summed E-state index contributed by atoms with van der Waals surface area (Å²) < 4.78 is 27.9. The maximum absolute atomic E-state index is 14.0. The summed E-state index contributed by atoms with van der Waals surface area (Å²) in [6.45, 7) is 4.00. The average molecular weight is 305 g/mol. The van der Waals surface area contributed by atoms with Crippen LogP contribution in [0.1, 0.15) is 38.7 Å². The van der Waals surface area contributed by atoms with E-state index in [-0.39, 0.29) is 15.5 Å². The van der Waals surface area contributed by atoms with Crippen molar-refractivity contribution in [2.75, 3.05) is 0 Å². The third kappa shape index (κ3) is 2.25. The molecule has 0 amide bonds. The van der Waals surface area contributed by atoms with Gasteiger partial charge in [-0.3, -0.25) is 0 Å². The lowest BCUT2D eigenvalue weighted by Crippen LogP contribution is -2.26. The first-order chi connectivity index (χ1) is 7.75. The van der Waals surface area contributed by atoms with Gasteiger partial charge in [-0.05, 0) is 52.7 Å². The summed E-state index contributed by atoms with van der Waals surface area (Å²) in [5.41, 5.74) is -1.67. The molecule has 0 bridgehead atoms. The van der Waals surface area contributed by atoms with E-state index in [1.807, 2.05) is 13.8 Å². The van der Waals surface area contributed by atoms with Gasteiger partial charge in [-0.1, -0.05) is 13.8 Å². The number of hydrogen-bond acceptors (Lipinski definition) is 1. The zero-order valence-corrected chi connectivity index (χ0v) is 11.4. The van der Waals surface area contributed by atoms with Crippen LogP contribution in [-0.4, -0.2) is 5.11 Å². The number of halogens is 3. The van der Waals surface area contributed by atoms with Crippen molar-refractivity contribution < 1.29 is 13.9 Å². The third-order valence-corrected chi connectivity index (χ3v) is 4.11. The van der Waals surface area contributed by atoms with E-state index in [0.717, 1.165) is 6.42 Å². The van der Waals surface area contributed by atoms with E-state index >= 15 is 0 Å². The molecular weight excluding hydrogens is 290 g/mol. The van der Waals surface area contributed by atoms with Gasteiger partial charge in [-0.15, -0.1) is 0 Å². The monoisotopic (exact) mass is 304 g/mol. The molecule has 1 aliphatic rings. The number of rotatable bonds is 1. The summed E-state index contributed by atoms with van der Waals surface area (Å²) in [5, 5.41) is 10.5. The first-order valence-corrected chi connectivity index (χ1v) is 6.41. The molecule has 0 heterocycles. The van der Waals surface area contributed by atoms with Gasteiger partial charge in [0.2, 0.25) is 0 Å². The van der Waals surface area contributed by atoms with Crippen molar-refractivity contribution in [3.05, 3.63) is 33.8 Å². The molecule has 0 spiro atoms. The maximum atomic E-state index is 14.0. The van der Waals surface area contributed by atoms with E-state index in [1.165, 1.54) is 12.1 Å². The average Bonchev–Trinajstić information content (AvgIpc) is 2.48. The molecule has 1 N–H and O–H groups in total. The Morgan fingerprint density at radius 1 is 1.24 bits per heavy atom. The van der Waals surface area contributed by atoms with Gasteiger partial charge in [-0.25, -0.2) is 8.78 Å². The van der Waals surface area contributed by atoms with Crippen LogP contribution in [0, 0.1) is 17.0 Å². The first kappa shape index (κ1) is 13.0. The highest BCUT2D eigenvalue weighted by atomic mass is 79.9. The minimum atomic E-state index is -1.39. The second-order valence-corrected chi connectivity index (χ2v) is 6.45. The fourth-order valence-electron chi connectivity index (χ4n) is 2.68. The van der Waals surface area contributed by atoms with Gasteiger partial charge in [0.1, 0.15) is 11.6 Å². The zero-order valence-electron chi connectivity index (χ0n) is 9.86. The highest BCUT2D eigenvalue weighted by Crippen LogP contribution is 2.50. The van der Waals surface area contributed by atoms with Crippen LogP contribution in [0.25, 0.3) is 0 Å². The van der Waals surface area contributed by atoms with Gasteiger partial charge >= 0.3 is 0 Å². The van der Waals surface area contributed by atoms with Gasteiger partial charge in [0, 0.05) is 0 Å². The summed E-state index contributed by atoms with van der Waals surface area (Å²) in [6.07, 6.45) is 1.53. The van der Waals surface area contributed by atoms with E-state index < -0.39 is 17.2 Å². The minimum absolute atomic E-state index is 0.0874. The van der Waals surface area contributed by atoms with Gasteiger partial charge in [0.15, 0.2) is 0 Å². The summed E-state index contributed by atoms with van der Waals surface area (Å²) in [5.74, 6) is -1.36. The lowest BCUT2D eigenvalue weighted by Gasteiger charge is -2.26. The molecule has 0 aliphatic heterocycles. The van der Waals surface area contributed by atoms with E-state index in [0.29, 0.717) is 12.8 Å². The van der Waals surface area contributed by atoms with Crippen molar-refractivity contribution in [1.29, 1.82) is 0 Å². The molecule has 17 heavy (non-hydrogen) atoms. The molecule has 1 unspecified atom stereocenters. The summed E-state index contributed by atoms with van der Waals surface area (Å²) >= 11 is 3.03. The van der Waals surface area contributed by atoms with Crippen molar-refractivity contribution in [3.8, 4) is 0 Å². The molecule has 2 rings (SSSR count). The van der Waals surface area contributed by atoms with E-state index in [9.17, 15) is 13.9 Å². The van der Waals surface area contributed by atoms with Crippen molar-refractivity contribution in [2.45, 2.75) is 38.7 Å². The molecule has 0 aromatic heterocycles. The molecule has 0 radical (unpaired) electrons. The zero-order chi connectivity index (χ0) is 12.8. The van der Waals surface area contributed by atoms with Gasteiger partial charge in [0.05, 0.1) is 15.6 Å². The standard InChI is InChI=1S/C13H15BrF2O/c1-12(2)5-6-13(17,7-12)10-9(15)4-3-8(14)11(10)16/h3-4,17H,5-7H2,1-2H3. The van der Waals surface area contributed by atoms with E-state index in [4.69, 9.17) is 0 Å². The molecule has 1 atom stereocenters. The molecule has 0 saturated heterocycles. The molecule has 1 saturated carbocycles. The van der Waals surface area contributed by atoms with Gasteiger partial charge in [0.25, 0.3) is 0 Å². The predicted octanol–water partition coefficient (Wildman–Crippen LogP) is 4.13. The number of aliphatic hydroxyl groups is 1. The van der Waals surface area contributed by atoms with Crippen molar-refractivity contribution >= 4 is 15.9 Å². The number of benzene rings is 1. The lowest BCUT2D eigenvalue weighted by molar-refractivity contribution is 0.0265. The molecule has 1 aromatic carbocycles. The normalized spacial score (nSPS) is 27.4. The third-order valence-electron chi connectivity index (χ3n) is 3.50. The second-order valence-electron chi connectivity index (χ2n) is 5.59. The van der Waals surface area contributed by atoms with Crippen molar-refractivity contribution in [3.63, 3.8) is 0 Å². The summed E-state index contributed by atoms with van der Waals surface area (Å²) in [4.78, 5) is 0. The second kappa shape index (κ2) is 4.02. The fraction of sp³-hybridized carbons (Fsp3) is 0.538. The summed E-state index contributed by atoms with van der Waals surface area (Å²) in [6, 6.07) is 2.50. The van der Waals surface area contributed by atoms with Crippen LogP contribution in [0.5, 0.6) is 0 Å². The number of hydrogen-bond donors (Lipinski definition) is 1. The molecule has 94 valence electrons. The Labute approximate surface area is 108 Å². The molecule has 1 fully saturated rings. The first-order valence-electron chi connectivity index (χ1n) is 5.62. The Bertz CT molecular complexity index is 459.